The number of hydrogen-bond acceptors (Lipinski definition) is 3. The van der Waals surface area contributed by atoms with Crippen LogP contribution in [0.5, 0.6) is 0 Å². The van der Waals surface area contributed by atoms with E-state index in [9.17, 15) is 17.6 Å². The average molecular weight is 439 g/mol. The van der Waals surface area contributed by atoms with E-state index in [4.69, 9.17) is 11.6 Å². The lowest BCUT2D eigenvalue weighted by molar-refractivity contribution is -0.121. The number of nitrogens with one attached hydrogen (secondary N) is 1. The van der Waals surface area contributed by atoms with Crippen molar-refractivity contribution in [3.05, 3.63) is 64.9 Å². The van der Waals surface area contributed by atoms with Crippen molar-refractivity contribution in [1.29, 1.82) is 0 Å². The molecular formula is C21H24ClFN2O3S. The van der Waals surface area contributed by atoms with Gasteiger partial charge in [-0.15, -0.1) is 0 Å². The predicted octanol–water partition coefficient (Wildman–Crippen LogP) is 4.12. The van der Waals surface area contributed by atoms with Gasteiger partial charge in [-0.1, -0.05) is 49.1 Å². The number of amides is 1. The first-order chi connectivity index (χ1) is 13.9. The number of nitrogens with zero attached hydrogens (tertiary/aromatic N) is 1. The van der Waals surface area contributed by atoms with Crippen molar-refractivity contribution in [3.63, 3.8) is 0 Å². The molecule has 0 spiro atoms. The van der Waals surface area contributed by atoms with Gasteiger partial charge in [0.1, 0.15) is 5.82 Å². The molecule has 2 aromatic rings. The maximum atomic E-state index is 13.3. The van der Waals surface area contributed by atoms with Crippen molar-refractivity contribution in [2.45, 2.75) is 49.6 Å². The lowest BCUT2D eigenvalue weighted by Gasteiger charge is -2.33. The van der Waals surface area contributed by atoms with E-state index < -0.39 is 21.7 Å². The molecule has 8 heteroatoms. The van der Waals surface area contributed by atoms with Crippen molar-refractivity contribution in [2.75, 3.05) is 6.54 Å². The summed E-state index contributed by atoms with van der Waals surface area (Å²) < 4.78 is 40.9. The standard InChI is InChI=1S/C21H24ClFN2O3S/c22-20-9-5-4-6-16(20)14-24-21(26)15-25(18-7-2-1-3-8-18)29(27,28)19-12-10-17(23)11-13-19/h4-6,9-13,18H,1-3,7-8,14-15H2,(H,24,26). The molecule has 0 unspecified atom stereocenters. The summed E-state index contributed by atoms with van der Waals surface area (Å²) in [4.78, 5) is 12.6. The van der Waals surface area contributed by atoms with E-state index in [1.54, 1.807) is 18.2 Å². The zero-order valence-corrected chi connectivity index (χ0v) is 17.6. The summed E-state index contributed by atoms with van der Waals surface area (Å²) in [7, 11) is -3.92. The van der Waals surface area contributed by atoms with Crippen molar-refractivity contribution >= 4 is 27.5 Å². The van der Waals surface area contributed by atoms with Crippen LogP contribution in [0, 0.1) is 5.82 Å². The van der Waals surface area contributed by atoms with Gasteiger partial charge in [0.15, 0.2) is 0 Å². The smallest absolute Gasteiger partial charge is 0.243 e. The monoisotopic (exact) mass is 438 g/mol. The van der Waals surface area contributed by atoms with Gasteiger partial charge in [0.05, 0.1) is 11.4 Å². The summed E-state index contributed by atoms with van der Waals surface area (Å²) in [6, 6.07) is 11.6. The summed E-state index contributed by atoms with van der Waals surface area (Å²) in [5.74, 6) is -0.910. The summed E-state index contributed by atoms with van der Waals surface area (Å²) in [5.41, 5.74) is 0.758. The summed E-state index contributed by atoms with van der Waals surface area (Å²) >= 11 is 6.11. The Morgan fingerprint density at radius 2 is 1.72 bits per heavy atom. The molecule has 5 nitrogen and oxygen atoms in total. The summed E-state index contributed by atoms with van der Waals surface area (Å²) in [6.07, 6.45) is 4.30. The Morgan fingerprint density at radius 3 is 2.38 bits per heavy atom. The normalized spacial score (nSPS) is 15.4. The van der Waals surface area contributed by atoms with E-state index in [0.717, 1.165) is 37.0 Å². The van der Waals surface area contributed by atoms with Crippen molar-refractivity contribution in [2.24, 2.45) is 0 Å². The quantitative estimate of drug-likeness (QED) is 0.707. The number of halogens is 2. The third-order valence-electron chi connectivity index (χ3n) is 5.14. The zero-order chi connectivity index (χ0) is 20.9. The predicted molar refractivity (Wildman–Crippen MR) is 110 cm³/mol. The second-order valence-electron chi connectivity index (χ2n) is 7.16. The minimum absolute atomic E-state index is 0.0108. The molecule has 0 heterocycles. The van der Waals surface area contributed by atoms with E-state index in [1.807, 2.05) is 6.07 Å². The third-order valence-corrected chi connectivity index (χ3v) is 7.42. The average Bonchev–Trinajstić information content (AvgIpc) is 2.72. The van der Waals surface area contributed by atoms with Crippen molar-refractivity contribution < 1.29 is 17.6 Å². The van der Waals surface area contributed by atoms with Crippen LogP contribution in [-0.4, -0.2) is 31.2 Å². The van der Waals surface area contributed by atoms with Crippen LogP contribution in [0.3, 0.4) is 0 Å². The number of carbonyl (C=O) groups excluding carboxylic acids is 1. The Bertz CT molecular complexity index is 945. The maximum Gasteiger partial charge on any atom is 0.243 e. The molecule has 0 atom stereocenters. The van der Waals surface area contributed by atoms with E-state index in [0.29, 0.717) is 17.9 Å². The summed E-state index contributed by atoms with van der Waals surface area (Å²) in [5, 5.41) is 3.29. The Balaban J connectivity index is 1.77. The maximum absolute atomic E-state index is 13.3. The van der Waals surface area contributed by atoms with Crippen LogP contribution in [-0.2, 0) is 21.4 Å². The van der Waals surface area contributed by atoms with E-state index in [1.165, 1.54) is 16.4 Å². The molecule has 1 fully saturated rings. The number of carbonyl (C=O) groups is 1. The van der Waals surface area contributed by atoms with Crippen LogP contribution in [0.25, 0.3) is 0 Å². The van der Waals surface area contributed by atoms with Crippen LogP contribution in [0.1, 0.15) is 37.7 Å². The van der Waals surface area contributed by atoms with Gasteiger partial charge in [0, 0.05) is 17.6 Å². The fourth-order valence-electron chi connectivity index (χ4n) is 3.55. The molecule has 0 saturated heterocycles. The van der Waals surface area contributed by atoms with E-state index in [-0.39, 0.29) is 24.0 Å². The molecule has 2 aromatic carbocycles. The number of benzene rings is 2. The van der Waals surface area contributed by atoms with E-state index in [2.05, 4.69) is 5.32 Å². The SMILES string of the molecule is O=C(CN(C1CCCCC1)S(=O)(=O)c1ccc(F)cc1)NCc1ccccc1Cl. The van der Waals surface area contributed by atoms with Crippen LogP contribution in [0.4, 0.5) is 4.39 Å². The Morgan fingerprint density at radius 1 is 1.07 bits per heavy atom. The highest BCUT2D eigenvalue weighted by Gasteiger charge is 2.33. The topological polar surface area (TPSA) is 66.5 Å². The summed E-state index contributed by atoms with van der Waals surface area (Å²) in [6.45, 7) is -0.0670. The third kappa shape index (κ3) is 5.56. The largest absolute Gasteiger partial charge is 0.351 e. The highest BCUT2D eigenvalue weighted by molar-refractivity contribution is 7.89. The zero-order valence-electron chi connectivity index (χ0n) is 16.0. The molecule has 0 radical (unpaired) electrons. The van der Waals surface area contributed by atoms with Gasteiger partial charge in [-0.3, -0.25) is 4.79 Å². The first-order valence-electron chi connectivity index (χ1n) is 9.65. The molecule has 1 amide bonds. The van der Waals surface area contributed by atoms with Crippen LogP contribution in [0.15, 0.2) is 53.4 Å². The molecule has 1 N–H and O–H groups in total. The van der Waals surface area contributed by atoms with Gasteiger partial charge in [-0.2, -0.15) is 4.31 Å². The van der Waals surface area contributed by atoms with Gasteiger partial charge in [0.25, 0.3) is 0 Å². The number of rotatable bonds is 7. The molecule has 3 rings (SSSR count). The molecule has 29 heavy (non-hydrogen) atoms. The molecule has 156 valence electrons. The van der Waals surface area contributed by atoms with Gasteiger partial charge in [0.2, 0.25) is 15.9 Å². The van der Waals surface area contributed by atoms with Gasteiger partial charge in [-0.25, -0.2) is 12.8 Å². The first-order valence-corrected chi connectivity index (χ1v) is 11.5. The second-order valence-corrected chi connectivity index (χ2v) is 9.46. The Kier molecular flexibility index (Phi) is 7.27. The lowest BCUT2D eigenvalue weighted by atomic mass is 9.95. The highest BCUT2D eigenvalue weighted by atomic mass is 35.5. The minimum Gasteiger partial charge on any atom is -0.351 e. The number of hydrogen-bond donors (Lipinski definition) is 1. The Hall–Kier alpha value is -1.96. The first kappa shape index (κ1) is 21.7. The van der Waals surface area contributed by atoms with Crippen LogP contribution in [0.2, 0.25) is 5.02 Å². The second kappa shape index (κ2) is 9.69. The van der Waals surface area contributed by atoms with Crippen molar-refractivity contribution in [3.8, 4) is 0 Å². The van der Waals surface area contributed by atoms with Crippen molar-refractivity contribution in [1.82, 2.24) is 9.62 Å². The fraction of sp³-hybridized carbons (Fsp3) is 0.381. The van der Waals surface area contributed by atoms with Gasteiger partial charge in [-0.05, 0) is 48.7 Å². The fourth-order valence-corrected chi connectivity index (χ4v) is 5.40. The lowest BCUT2D eigenvalue weighted by Crippen LogP contribution is -2.46. The number of sulfonamides is 1. The van der Waals surface area contributed by atoms with Crippen LogP contribution < -0.4 is 5.32 Å². The minimum atomic E-state index is -3.92. The van der Waals surface area contributed by atoms with E-state index >= 15 is 0 Å². The molecule has 1 aliphatic carbocycles. The van der Waals surface area contributed by atoms with Gasteiger partial charge < -0.3 is 5.32 Å². The molecular weight excluding hydrogens is 415 g/mol. The molecule has 1 saturated carbocycles. The molecule has 0 bridgehead atoms. The molecule has 1 aliphatic rings. The van der Waals surface area contributed by atoms with Gasteiger partial charge >= 0.3 is 0 Å². The van der Waals surface area contributed by atoms with Crippen LogP contribution >= 0.6 is 11.6 Å². The molecule has 0 aromatic heterocycles. The Labute approximate surface area is 175 Å². The molecule has 0 aliphatic heterocycles. The highest BCUT2D eigenvalue weighted by Crippen LogP contribution is 2.28.